The third-order valence-corrected chi connectivity index (χ3v) is 4.24. The average molecular weight is 290 g/mol. The van der Waals surface area contributed by atoms with Gasteiger partial charge in [-0.15, -0.1) is 0 Å². The standard InChI is InChI=1S/C18H30N2O/c1-6-21-16-9-13(7-8-15(16)19)20-14-10-17(2,3)12-18(4,5)11-14/h7-9,14,20H,6,10-12,19H2,1-5H3. The van der Waals surface area contributed by atoms with Crippen molar-refractivity contribution in [2.24, 2.45) is 10.8 Å². The van der Waals surface area contributed by atoms with Gasteiger partial charge >= 0.3 is 0 Å². The number of anilines is 2. The minimum absolute atomic E-state index is 0.385. The van der Waals surface area contributed by atoms with Gasteiger partial charge in [-0.1, -0.05) is 27.7 Å². The van der Waals surface area contributed by atoms with Gasteiger partial charge in [0.15, 0.2) is 0 Å². The molecule has 3 heteroatoms. The third kappa shape index (κ3) is 4.29. The van der Waals surface area contributed by atoms with Gasteiger partial charge in [0.25, 0.3) is 0 Å². The Morgan fingerprint density at radius 2 is 1.81 bits per heavy atom. The molecule has 0 aromatic heterocycles. The van der Waals surface area contributed by atoms with Crippen LogP contribution in [0, 0.1) is 10.8 Å². The Morgan fingerprint density at radius 3 is 2.38 bits per heavy atom. The van der Waals surface area contributed by atoms with Gasteiger partial charge in [0.2, 0.25) is 0 Å². The summed E-state index contributed by atoms with van der Waals surface area (Å²) in [6.45, 7) is 12.1. The van der Waals surface area contributed by atoms with Crippen molar-refractivity contribution in [2.45, 2.75) is 59.9 Å². The number of nitrogens with two attached hydrogens (primary N) is 1. The van der Waals surface area contributed by atoms with E-state index in [9.17, 15) is 0 Å². The van der Waals surface area contributed by atoms with Crippen molar-refractivity contribution in [3.05, 3.63) is 18.2 Å². The van der Waals surface area contributed by atoms with Crippen molar-refractivity contribution in [2.75, 3.05) is 17.7 Å². The van der Waals surface area contributed by atoms with Gasteiger partial charge in [0.1, 0.15) is 5.75 Å². The third-order valence-electron chi connectivity index (χ3n) is 4.24. The highest BCUT2D eigenvalue weighted by molar-refractivity contribution is 5.61. The van der Waals surface area contributed by atoms with Crippen molar-refractivity contribution in [1.29, 1.82) is 0 Å². The SMILES string of the molecule is CCOc1cc(NC2CC(C)(C)CC(C)(C)C2)ccc1N. The summed E-state index contributed by atoms with van der Waals surface area (Å²) in [5, 5.41) is 3.68. The van der Waals surface area contributed by atoms with Crippen LogP contribution >= 0.6 is 0 Å². The summed E-state index contributed by atoms with van der Waals surface area (Å²) in [5.74, 6) is 0.775. The first-order valence-corrected chi connectivity index (χ1v) is 8.00. The highest BCUT2D eigenvalue weighted by Crippen LogP contribution is 2.46. The predicted molar refractivity (Wildman–Crippen MR) is 90.8 cm³/mol. The van der Waals surface area contributed by atoms with E-state index in [1.54, 1.807) is 0 Å². The van der Waals surface area contributed by atoms with Crippen LogP contribution in [0.1, 0.15) is 53.9 Å². The Morgan fingerprint density at radius 1 is 1.19 bits per heavy atom. The van der Waals surface area contributed by atoms with Gasteiger partial charge < -0.3 is 15.8 Å². The number of nitrogen functional groups attached to an aromatic ring is 1. The van der Waals surface area contributed by atoms with Crippen LogP contribution in [0.15, 0.2) is 18.2 Å². The van der Waals surface area contributed by atoms with Crippen molar-refractivity contribution >= 4 is 11.4 Å². The molecule has 3 nitrogen and oxygen atoms in total. The molecular weight excluding hydrogens is 260 g/mol. The molecule has 1 fully saturated rings. The van der Waals surface area contributed by atoms with Gasteiger partial charge in [-0.3, -0.25) is 0 Å². The molecule has 0 amide bonds. The number of hydrogen-bond acceptors (Lipinski definition) is 3. The summed E-state index contributed by atoms with van der Waals surface area (Å²) in [4.78, 5) is 0. The molecule has 0 heterocycles. The maximum Gasteiger partial charge on any atom is 0.144 e. The van der Waals surface area contributed by atoms with E-state index in [0.29, 0.717) is 29.2 Å². The monoisotopic (exact) mass is 290 g/mol. The number of nitrogens with one attached hydrogen (secondary N) is 1. The lowest BCUT2D eigenvalue weighted by Crippen LogP contribution is -2.40. The van der Waals surface area contributed by atoms with Gasteiger partial charge in [0.05, 0.1) is 12.3 Å². The molecule has 1 aromatic carbocycles. The number of rotatable bonds is 4. The molecule has 1 saturated carbocycles. The van der Waals surface area contributed by atoms with E-state index in [-0.39, 0.29) is 0 Å². The quantitative estimate of drug-likeness (QED) is 0.791. The average Bonchev–Trinajstić information content (AvgIpc) is 2.29. The second-order valence-corrected chi connectivity index (χ2v) is 7.94. The lowest BCUT2D eigenvalue weighted by Gasteiger charge is -2.45. The number of ether oxygens (including phenoxy) is 1. The second kappa shape index (κ2) is 5.78. The van der Waals surface area contributed by atoms with Crippen molar-refractivity contribution in [1.82, 2.24) is 0 Å². The lowest BCUT2D eigenvalue weighted by atomic mass is 9.63. The summed E-state index contributed by atoms with van der Waals surface area (Å²) >= 11 is 0. The first kappa shape index (κ1) is 16.0. The van der Waals surface area contributed by atoms with Crippen LogP contribution in [0.3, 0.4) is 0 Å². The molecule has 0 bridgehead atoms. The Hall–Kier alpha value is -1.38. The number of hydrogen-bond donors (Lipinski definition) is 2. The van der Waals surface area contributed by atoms with Crippen LogP contribution in [-0.2, 0) is 0 Å². The van der Waals surface area contributed by atoms with E-state index in [1.807, 2.05) is 25.1 Å². The maximum atomic E-state index is 5.94. The van der Waals surface area contributed by atoms with Gasteiger partial charge in [-0.2, -0.15) is 0 Å². The fourth-order valence-corrected chi connectivity index (χ4v) is 4.09. The molecule has 0 aliphatic heterocycles. The topological polar surface area (TPSA) is 47.3 Å². The predicted octanol–water partition coefficient (Wildman–Crippen LogP) is 4.68. The fraction of sp³-hybridized carbons (Fsp3) is 0.667. The first-order chi connectivity index (χ1) is 9.71. The minimum atomic E-state index is 0.385. The highest BCUT2D eigenvalue weighted by Gasteiger charge is 2.38. The van der Waals surface area contributed by atoms with E-state index < -0.39 is 0 Å². The van der Waals surface area contributed by atoms with Crippen LogP contribution in [-0.4, -0.2) is 12.6 Å². The van der Waals surface area contributed by atoms with E-state index in [2.05, 4.69) is 33.0 Å². The molecule has 0 radical (unpaired) electrons. The normalized spacial score (nSPS) is 21.0. The Labute approximate surface area is 129 Å². The molecule has 3 N–H and O–H groups in total. The van der Waals surface area contributed by atoms with Crippen LogP contribution in [0.5, 0.6) is 5.75 Å². The smallest absolute Gasteiger partial charge is 0.144 e. The molecule has 1 aromatic rings. The van der Waals surface area contributed by atoms with E-state index in [1.165, 1.54) is 19.3 Å². The first-order valence-electron chi connectivity index (χ1n) is 8.00. The van der Waals surface area contributed by atoms with Crippen LogP contribution < -0.4 is 15.8 Å². The van der Waals surface area contributed by atoms with Crippen LogP contribution in [0.25, 0.3) is 0 Å². The molecule has 21 heavy (non-hydrogen) atoms. The molecule has 118 valence electrons. The van der Waals surface area contributed by atoms with Crippen molar-refractivity contribution in [3.8, 4) is 5.75 Å². The molecule has 2 rings (SSSR count). The maximum absolute atomic E-state index is 5.94. The zero-order chi connectivity index (χ0) is 15.7. The molecule has 0 saturated heterocycles. The minimum Gasteiger partial charge on any atom is -0.492 e. The zero-order valence-corrected chi connectivity index (χ0v) is 14.1. The highest BCUT2D eigenvalue weighted by atomic mass is 16.5. The second-order valence-electron chi connectivity index (χ2n) is 7.94. The van der Waals surface area contributed by atoms with E-state index in [4.69, 9.17) is 10.5 Å². The fourth-order valence-electron chi connectivity index (χ4n) is 4.09. The van der Waals surface area contributed by atoms with E-state index in [0.717, 1.165) is 11.4 Å². The van der Waals surface area contributed by atoms with Gasteiger partial charge in [0, 0.05) is 17.8 Å². The Balaban J connectivity index is 2.12. The molecule has 1 aliphatic rings. The molecule has 0 atom stereocenters. The lowest BCUT2D eigenvalue weighted by molar-refractivity contribution is 0.105. The molecule has 0 unspecified atom stereocenters. The Bertz CT molecular complexity index is 478. The largest absolute Gasteiger partial charge is 0.492 e. The van der Waals surface area contributed by atoms with Crippen molar-refractivity contribution in [3.63, 3.8) is 0 Å². The van der Waals surface area contributed by atoms with Crippen molar-refractivity contribution < 1.29 is 4.74 Å². The van der Waals surface area contributed by atoms with Gasteiger partial charge in [-0.25, -0.2) is 0 Å². The van der Waals surface area contributed by atoms with Crippen LogP contribution in [0.4, 0.5) is 11.4 Å². The van der Waals surface area contributed by atoms with E-state index >= 15 is 0 Å². The summed E-state index contributed by atoms with van der Waals surface area (Å²) in [6, 6.07) is 6.49. The Kier molecular flexibility index (Phi) is 4.40. The zero-order valence-electron chi connectivity index (χ0n) is 14.1. The number of benzene rings is 1. The summed E-state index contributed by atoms with van der Waals surface area (Å²) in [7, 11) is 0. The van der Waals surface area contributed by atoms with Gasteiger partial charge in [-0.05, 0) is 49.1 Å². The molecule has 1 aliphatic carbocycles. The summed E-state index contributed by atoms with van der Waals surface area (Å²) in [5.41, 5.74) is 8.52. The van der Waals surface area contributed by atoms with Crippen LogP contribution in [0.2, 0.25) is 0 Å². The summed E-state index contributed by atoms with van der Waals surface area (Å²) in [6.07, 6.45) is 3.68. The molecular formula is C18H30N2O. The summed E-state index contributed by atoms with van der Waals surface area (Å²) < 4.78 is 5.58. The molecule has 0 spiro atoms.